The lowest BCUT2D eigenvalue weighted by molar-refractivity contribution is 0.134. The second-order valence-electron chi connectivity index (χ2n) is 3.99. The largest absolute Gasteiger partial charge is 0.490 e. The van der Waals surface area contributed by atoms with Crippen LogP contribution >= 0.6 is 11.6 Å². The Morgan fingerprint density at radius 2 is 2.18 bits per heavy atom. The summed E-state index contributed by atoms with van der Waals surface area (Å²) in [4.78, 5) is 0. The first-order chi connectivity index (χ1) is 8.17. The third-order valence-electron chi connectivity index (χ3n) is 2.45. The van der Waals surface area contributed by atoms with Gasteiger partial charge in [-0.1, -0.05) is 11.6 Å². The van der Waals surface area contributed by atoms with E-state index in [9.17, 15) is 0 Å². The summed E-state index contributed by atoms with van der Waals surface area (Å²) in [5.41, 5.74) is 1.07. The summed E-state index contributed by atoms with van der Waals surface area (Å²) in [7, 11) is 3.60. The molecular formula is C13H20ClNO2. The lowest BCUT2D eigenvalue weighted by Crippen LogP contribution is -2.16. The van der Waals surface area contributed by atoms with Crippen molar-refractivity contribution < 1.29 is 9.47 Å². The van der Waals surface area contributed by atoms with Gasteiger partial charge >= 0.3 is 0 Å². The molecule has 0 heterocycles. The highest BCUT2D eigenvalue weighted by atomic mass is 35.5. The fraction of sp³-hybridized carbons (Fsp3) is 0.538. The van der Waals surface area contributed by atoms with Crippen LogP contribution in [0.5, 0.6) is 5.75 Å². The quantitative estimate of drug-likeness (QED) is 0.815. The minimum absolute atomic E-state index is 0.131. The van der Waals surface area contributed by atoms with Crippen molar-refractivity contribution in [2.45, 2.75) is 26.0 Å². The van der Waals surface area contributed by atoms with Crippen LogP contribution in [-0.4, -0.2) is 26.9 Å². The van der Waals surface area contributed by atoms with Crippen LogP contribution in [0.3, 0.4) is 0 Å². The molecule has 4 heteroatoms. The third kappa shape index (κ3) is 4.94. The molecule has 1 aromatic carbocycles. The molecule has 0 aromatic heterocycles. The van der Waals surface area contributed by atoms with Crippen LogP contribution in [0.4, 0.5) is 0 Å². The maximum absolute atomic E-state index is 5.97. The number of benzene rings is 1. The normalized spacial score (nSPS) is 12.5. The lowest BCUT2D eigenvalue weighted by atomic mass is 10.2. The van der Waals surface area contributed by atoms with E-state index in [2.05, 4.69) is 5.32 Å². The standard InChI is InChI=1S/C13H20ClNO2/c1-10(6-7-16-3)17-13-5-4-12(14)8-11(13)9-15-2/h4-5,8,10,15H,6-7,9H2,1-3H3. The Hall–Kier alpha value is -0.770. The van der Waals surface area contributed by atoms with Crippen molar-refractivity contribution in [1.29, 1.82) is 0 Å². The van der Waals surface area contributed by atoms with Gasteiger partial charge in [0.1, 0.15) is 5.75 Å². The zero-order chi connectivity index (χ0) is 12.7. The number of ether oxygens (including phenoxy) is 2. The van der Waals surface area contributed by atoms with Crippen molar-refractivity contribution in [2.24, 2.45) is 0 Å². The highest BCUT2D eigenvalue weighted by molar-refractivity contribution is 6.30. The van der Waals surface area contributed by atoms with E-state index >= 15 is 0 Å². The Morgan fingerprint density at radius 1 is 1.41 bits per heavy atom. The van der Waals surface area contributed by atoms with Gasteiger partial charge in [-0.3, -0.25) is 0 Å². The van der Waals surface area contributed by atoms with Crippen molar-refractivity contribution in [3.05, 3.63) is 28.8 Å². The van der Waals surface area contributed by atoms with Gasteiger partial charge in [0.05, 0.1) is 6.10 Å². The Morgan fingerprint density at radius 3 is 2.82 bits per heavy atom. The molecule has 0 fully saturated rings. The molecule has 1 unspecified atom stereocenters. The summed E-state index contributed by atoms with van der Waals surface area (Å²) in [5, 5.41) is 3.83. The van der Waals surface area contributed by atoms with Crippen molar-refractivity contribution in [2.75, 3.05) is 20.8 Å². The molecule has 1 aromatic rings. The molecule has 1 N–H and O–H groups in total. The van der Waals surface area contributed by atoms with E-state index < -0.39 is 0 Å². The molecule has 1 rings (SSSR count). The molecule has 0 spiro atoms. The molecule has 0 radical (unpaired) electrons. The predicted octanol–water partition coefficient (Wildman–Crippen LogP) is 2.86. The molecule has 1 atom stereocenters. The number of hydrogen-bond acceptors (Lipinski definition) is 3. The molecule has 0 amide bonds. The lowest BCUT2D eigenvalue weighted by Gasteiger charge is -2.17. The number of hydrogen-bond donors (Lipinski definition) is 1. The third-order valence-corrected chi connectivity index (χ3v) is 2.68. The van der Waals surface area contributed by atoms with Crippen molar-refractivity contribution in [3.8, 4) is 5.75 Å². The van der Waals surface area contributed by atoms with Gasteiger partial charge in [0.25, 0.3) is 0 Å². The van der Waals surface area contributed by atoms with Crippen LogP contribution < -0.4 is 10.1 Å². The highest BCUT2D eigenvalue weighted by Gasteiger charge is 2.08. The van der Waals surface area contributed by atoms with Gasteiger partial charge in [0.2, 0.25) is 0 Å². The fourth-order valence-corrected chi connectivity index (χ4v) is 1.75. The summed E-state index contributed by atoms with van der Waals surface area (Å²) in [6, 6.07) is 5.69. The molecule has 0 saturated carbocycles. The number of rotatable bonds is 7. The first kappa shape index (κ1) is 14.3. The smallest absolute Gasteiger partial charge is 0.124 e. The first-order valence-corrected chi connectivity index (χ1v) is 6.13. The van der Waals surface area contributed by atoms with Crippen LogP contribution in [0.15, 0.2) is 18.2 Å². The van der Waals surface area contributed by atoms with Gasteiger partial charge in [-0.25, -0.2) is 0 Å². The summed E-state index contributed by atoms with van der Waals surface area (Å²) in [6.07, 6.45) is 1.00. The maximum atomic E-state index is 5.97. The molecule has 96 valence electrons. The van der Waals surface area contributed by atoms with Gasteiger partial charge in [-0.2, -0.15) is 0 Å². The SMILES string of the molecule is CNCc1cc(Cl)ccc1OC(C)CCOC. The van der Waals surface area contributed by atoms with Gasteiger partial charge in [0, 0.05) is 37.3 Å². The average molecular weight is 258 g/mol. The Bertz CT molecular complexity index is 344. The summed E-state index contributed by atoms with van der Waals surface area (Å²) in [5.74, 6) is 0.882. The zero-order valence-electron chi connectivity index (χ0n) is 10.6. The Balaban J connectivity index is 2.68. The summed E-state index contributed by atoms with van der Waals surface area (Å²) in [6.45, 7) is 3.49. The molecular weight excluding hydrogens is 238 g/mol. The molecule has 0 saturated heterocycles. The zero-order valence-corrected chi connectivity index (χ0v) is 11.4. The van der Waals surface area contributed by atoms with Gasteiger partial charge < -0.3 is 14.8 Å². The van der Waals surface area contributed by atoms with Crippen LogP contribution in [-0.2, 0) is 11.3 Å². The number of nitrogens with one attached hydrogen (secondary N) is 1. The van der Waals surface area contributed by atoms with Gasteiger partial charge in [-0.05, 0) is 32.2 Å². The van der Waals surface area contributed by atoms with Crippen LogP contribution in [0, 0.1) is 0 Å². The van der Waals surface area contributed by atoms with Crippen molar-refractivity contribution in [1.82, 2.24) is 5.32 Å². The van der Waals surface area contributed by atoms with Crippen LogP contribution in [0.1, 0.15) is 18.9 Å². The molecule has 0 aliphatic carbocycles. The molecule has 0 aliphatic rings. The Kier molecular flexibility index (Phi) is 6.34. The van der Waals surface area contributed by atoms with E-state index in [4.69, 9.17) is 21.1 Å². The fourth-order valence-electron chi connectivity index (χ4n) is 1.55. The highest BCUT2D eigenvalue weighted by Crippen LogP contribution is 2.24. The van der Waals surface area contributed by atoms with Crippen molar-refractivity contribution >= 4 is 11.6 Å². The van der Waals surface area contributed by atoms with Crippen LogP contribution in [0.25, 0.3) is 0 Å². The number of halogens is 1. The summed E-state index contributed by atoms with van der Waals surface area (Å²) < 4.78 is 10.9. The monoisotopic (exact) mass is 257 g/mol. The van der Waals surface area contributed by atoms with E-state index in [-0.39, 0.29) is 6.10 Å². The van der Waals surface area contributed by atoms with Crippen LogP contribution in [0.2, 0.25) is 5.02 Å². The maximum Gasteiger partial charge on any atom is 0.124 e. The van der Waals surface area contributed by atoms with E-state index in [0.29, 0.717) is 6.61 Å². The van der Waals surface area contributed by atoms with E-state index in [1.54, 1.807) is 7.11 Å². The second kappa shape index (κ2) is 7.54. The number of methoxy groups -OCH3 is 1. The van der Waals surface area contributed by atoms with Gasteiger partial charge in [0.15, 0.2) is 0 Å². The Labute approximate surface area is 108 Å². The predicted molar refractivity (Wildman–Crippen MR) is 70.8 cm³/mol. The summed E-state index contributed by atoms with van der Waals surface area (Å²) >= 11 is 5.97. The van der Waals surface area contributed by atoms with Crippen molar-refractivity contribution in [3.63, 3.8) is 0 Å². The van der Waals surface area contributed by atoms with E-state index in [0.717, 1.165) is 29.3 Å². The van der Waals surface area contributed by atoms with Gasteiger partial charge in [-0.15, -0.1) is 0 Å². The molecule has 0 aliphatic heterocycles. The molecule has 3 nitrogen and oxygen atoms in total. The topological polar surface area (TPSA) is 30.5 Å². The minimum Gasteiger partial charge on any atom is -0.490 e. The van der Waals surface area contributed by atoms with E-state index in [1.807, 2.05) is 32.2 Å². The minimum atomic E-state index is 0.131. The molecule has 17 heavy (non-hydrogen) atoms. The first-order valence-electron chi connectivity index (χ1n) is 5.76. The second-order valence-corrected chi connectivity index (χ2v) is 4.43. The van der Waals surface area contributed by atoms with E-state index in [1.165, 1.54) is 0 Å². The average Bonchev–Trinajstić information content (AvgIpc) is 2.30. The molecule has 0 bridgehead atoms.